The molecule has 12 heteroatoms. The molecule has 0 aliphatic heterocycles. The molecule has 0 unspecified atom stereocenters. The van der Waals surface area contributed by atoms with Crippen LogP contribution in [0.15, 0.2) is 32.6 Å². The van der Waals surface area contributed by atoms with Gasteiger partial charge < -0.3 is 10.5 Å². The number of nitrogens with zero attached hydrogens (tertiary/aromatic N) is 3. The molecule has 1 saturated carbocycles. The summed E-state index contributed by atoms with van der Waals surface area (Å²) in [5.41, 5.74) is 4.56. The molecule has 2 heterocycles. The largest absolute Gasteiger partial charge is 0.434 e. The smallest absolute Gasteiger partial charge is 0.349 e. The van der Waals surface area contributed by atoms with Gasteiger partial charge in [-0.1, -0.05) is 37.0 Å². The number of rotatable bonds is 4. The van der Waals surface area contributed by atoms with Crippen molar-refractivity contribution >= 4 is 29.0 Å². The van der Waals surface area contributed by atoms with Crippen LogP contribution in [-0.2, 0) is 0 Å². The van der Waals surface area contributed by atoms with Crippen molar-refractivity contribution < 1.29 is 4.74 Å². The van der Waals surface area contributed by atoms with Gasteiger partial charge in [-0.3, -0.25) is 14.6 Å². The van der Waals surface area contributed by atoms with Gasteiger partial charge in [0.1, 0.15) is 0 Å². The second-order valence-corrected chi connectivity index (χ2v) is 8.97. The SMILES string of the molecule is CC1(C)CC(c2cc(Oc3c(Cl)cc(-n4nc(N)c(=O)[nH]c4=O)cc3Cl)n[nH]c2=O)C1. The minimum absolute atomic E-state index is 0.0558. The summed E-state index contributed by atoms with van der Waals surface area (Å²) in [6, 6.07) is 4.32. The Morgan fingerprint density at radius 2 is 1.77 bits per heavy atom. The zero-order valence-corrected chi connectivity index (χ0v) is 18.0. The number of aromatic nitrogens is 5. The predicted octanol–water partition coefficient (Wildman–Crippen LogP) is 2.59. The Balaban J connectivity index is 1.66. The van der Waals surface area contributed by atoms with E-state index in [0.717, 1.165) is 17.5 Å². The second kappa shape index (κ2) is 7.54. The van der Waals surface area contributed by atoms with E-state index in [1.54, 1.807) is 6.07 Å². The normalized spacial score (nSPS) is 15.5. The number of ether oxygens (including phenoxy) is 1. The van der Waals surface area contributed by atoms with Crippen molar-refractivity contribution in [1.29, 1.82) is 0 Å². The van der Waals surface area contributed by atoms with E-state index in [1.807, 2.05) is 4.98 Å². The number of H-pyrrole nitrogens is 2. The summed E-state index contributed by atoms with van der Waals surface area (Å²) in [6.45, 7) is 4.29. The zero-order valence-electron chi connectivity index (χ0n) is 16.5. The fourth-order valence-corrected chi connectivity index (χ4v) is 4.26. The highest BCUT2D eigenvalue weighted by atomic mass is 35.5. The lowest BCUT2D eigenvalue weighted by Crippen LogP contribution is -2.33. The summed E-state index contributed by atoms with van der Waals surface area (Å²) in [6.07, 6.45) is 1.78. The Labute approximate surface area is 185 Å². The van der Waals surface area contributed by atoms with Crippen LogP contribution in [0.3, 0.4) is 0 Å². The first-order valence-corrected chi connectivity index (χ1v) is 10.1. The molecule has 4 N–H and O–H groups in total. The molecule has 0 radical (unpaired) electrons. The number of nitrogens with two attached hydrogens (primary N) is 1. The third kappa shape index (κ3) is 4.08. The molecule has 162 valence electrons. The molecule has 1 fully saturated rings. The highest BCUT2D eigenvalue weighted by Crippen LogP contribution is 2.50. The van der Waals surface area contributed by atoms with E-state index in [0.29, 0.717) is 5.56 Å². The molecule has 3 aromatic rings. The fourth-order valence-electron chi connectivity index (χ4n) is 3.71. The molecule has 4 rings (SSSR count). The number of halogens is 2. The molecule has 1 aliphatic rings. The lowest BCUT2D eigenvalue weighted by molar-refractivity contribution is 0.150. The van der Waals surface area contributed by atoms with Gasteiger partial charge >= 0.3 is 5.69 Å². The quantitative estimate of drug-likeness (QED) is 0.536. The van der Waals surface area contributed by atoms with E-state index in [1.165, 1.54) is 12.1 Å². The number of nitrogens with one attached hydrogen (secondary N) is 2. The summed E-state index contributed by atoms with van der Waals surface area (Å²) >= 11 is 12.6. The van der Waals surface area contributed by atoms with Gasteiger partial charge in [-0.05, 0) is 36.3 Å². The Morgan fingerprint density at radius 1 is 1.13 bits per heavy atom. The van der Waals surface area contributed by atoms with Gasteiger partial charge in [0.05, 0.1) is 15.7 Å². The van der Waals surface area contributed by atoms with E-state index in [4.69, 9.17) is 33.7 Å². The van der Waals surface area contributed by atoms with Crippen LogP contribution in [-0.4, -0.2) is 25.0 Å². The first-order valence-electron chi connectivity index (χ1n) is 9.30. The number of aromatic amines is 2. The molecule has 31 heavy (non-hydrogen) atoms. The molecule has 0 saturated heterocycles. The summed E-state index contributed by atoms with van der Waals surface area (Å²) in [5, 5.41) is 10.2. The lowest BCUT2D eigenvalue weighted by atomic mass is 9.62. The molecule has 0 atom stereocenters. The first-order chi connectivity index (χ1) is 14.5. The third-order valence-electron chi connectivity index (χ3n) is 5.13. The monoisotopic (exact) mass is 464 g/mol. The highest BCUT2D eigenvalue weighted by Gasteiger charge is 2.38. The number of benzene rings is 1. The van der Waals surface area contributed by atoms with Gasteiger partial charge in [-0.25, -0.2) is 9.89 Å². The predicted molar refractivity (Wildman–Crippen MR) is 116 cm³/mol. The van der Waals surface area contributed by atoms with Crippen LogP contribution in [0, 0.1) is 5.41 Å². The Morgan fingerprint density at radius 3 is 2.39 bits per heavy atom. The van der Waals surface area contributed by atoms with Crippen molar-refractivity contribution in [3.05, 3.63) is 65.0 Å². The Kier molecular flexibility index (Phi) is 5.14. The van der Waals surface area contributed by atoms with Crippen LogP contribution in [0.4, 0.5) is 5.82 Å². The molecule has 10 nitrogen and oxygen atoms in total. The first kappa shape index (κ1) is 21.1. The molecule has 2 aromatic heterocycles. The van der Waals surface area contributed by atoms with Crippen LogP contribution in [0.25, 0.3) is 5.69 Å². The highest BCUT2D eigenvalue weighted by molar-refractivity contribution is 6.37. The molecule has 0 bridgehead atoms. The van der Waals surface area contributed by atoms with Crippen LogP contribution in [0.5, 0.6) is 11.6 Å². The molecular formula is C19H18Cl2N6O4. The average Bonchev–Trinajstić information content (AvgIpc) is 2.66. The number of nitrogen functional groups attached to an aromatic ring is 1. The van der Waals surface area contributed by atoms with E-state index >= 15 is 0 Å². The van der Waals surface area contributed by atoms with E-state index < -0.39 is 17.1 Å². The second-order valence-electron chi connectivity index (χ2n) is 8.16. The lowest BCUT2D eigenvalue weighted by Gasteiger charge is -2.42. The van der Waals surface area contributed by atoms with Crippen molar-refractivity contribution in [2.45, 2.75) is 32.6 Å². The Bertz CT molecular complexity index is 1330. The molecule has 0 amide bonds. The van der Waals surface area contributed by atoms with Gasteiger partial charge in [0.15, 0.2) is 5.75 Å². The van der Waals surface area contributed by atoms with Gasteiger partial charge in [0.25, 0.3) is 11.1 Å². The van der Waals surface area contributed by atoms with Crippen molar-refractivity contribution in [2.24, 2.45) is 5.41 Å². The minimum Gasteiger partial charge on any atom is -0.434 e. The van der Waals surface area contributed by atoms with Crippen LogP contribution >= 0.6 is 23.2 Å². The molecule has 1 aromatic carbocycles. The number of hydrogen-bond donors (Lipinski definition) is 3. The molecule has 1 aliphatic carbocycles. The van der Waals surface area contributed by atoms with Crippen LogP contribution in [0.1, 0.15) is 38.2 Å². The molecule has 0 spiro atoms. The van der Waals surface area contributed by atoms with Gasteiger partial charge in [-0.2, -0.15) is 4.68 Å². The average molecular weight is 465 g/mol. The van der Waals surface area contributed by atoms with E-state index in [2.05, 4.69) is 29.1 Å². The third-order valence-corrected chi connectivity index (χ3v) is 5.70. The van der Waals surface area contributed by atoms with Crippen molar-refractivity contribution in [1.82, 2.24) is 25.0 Å². The van der Waals surface area contributed by atoms with Crippen molar-refractivity contribution in [3.8, 4) is 17.3 Å². The maximum Gasteiger partial charge on any atom is 0.349 e. The van der Waals surface area contributed by atoms with Gasteiger partial charge in [-0.15, -0.1) is 10.2 Å². The summed E-state index contributed by atoms with van der Waals surface area (Å²) in [7, 11) is 0. The van der Waals surface area contributed by atoms with Crippen LogP contribution < -0.4 is 27.3 Å². The Hall–Kier alpha value is -3.11. The zero-order chi connectivity index (χ0) is 22.5. The van der Waals surface area contributed by atoms with Gasteiger partial charge in [0.2, 0.25) is 11.7 Å². The topological polar surface area (TPSA) is 149 Å². The van der Waals surface area contributed by atoms with Crippen LogP contribution in [0.2, 0.25) is 10.0 Å². The van der Waals surface area contributed by atoms with Crippen molar-refractivity contribution in [2.75, 3.05) is 5.73 Å². The van der Waals surface area contributed by atoms with Gasteiger partial charge in [0, 0.05) is 11.6 Å². The summed E-state index contributed by atoms with van der Waals surface area (Å²) in [4.78, 5) is 37.7. The number of anilines is 1. The van der Waals surface area contributed by atoms with E-state index in [9.17, 15) is 14.4 Å². The number of hydrogen-bond acceptors (Lipinski definition) is 7. The standard InChI is InChI=1S/C19H18Cl2N6O4/c1-19(2)6-8(7-19)10-5-13(24-25-16(10)28)31-14-11(20)3-9(4-12(14)21)27-18(30)23-17(29)15(22)26-27/h3-5,8H,6-7H2,1-2H3,(H2,22,26)(H,25,28)(H,23,29,30). The van der Waals surface area contributed by atoms with E-state index in [-0.39, 0.29) is 44.3 Å². The summed E-state index contributed by atoms with van der Waals surface area (Å²) < 4.78 is 6.59. The maximum absolute atomic E-state index is 12.2. The minimum atomic E-state index is -0.810. The molecular weight excluding hydrogens is 447 g/mol. The summed E-state index contributed by atoms with van der Waals surface area (Å²) in [5.74, 6) is -0.0613. The maximum atomic E-state index is 12.2. The fraction of sp³-hybridized carbons (Fsp3) is 0.316. The van der Waals surface area contributed by atoms with Crippen molar-refractivity contribution in [3.63, 3.8) is 0 Å².